The van der Waals surface area contributed by atoms with Crippen LogP contribution in [-0.2, 0) is 0 Å². The van der Waals surface area contributed by atoms with Crippen molar-refractivity contribution in [2.45, 2.75) is 182 Å². The first kappa shape index (κ1) is 86.2. The van der Waals surface area contributed by atoms with Gasteiger partial charge in [-0.05, 0) is 164 Å². The largest absolute Gasteiger partial charge is 0.493 e. The maximum absolute atomic E-state index is 6.56. The number of likely N-dealkylation sites (N-methyl/N-ethyl adjacent to an activating group) is 8. The summed E-state index contributed by atoms with van der Waals surface area (Å²) in [6.45, 7) is 30.9. The van der Waals surface area contributed by atoms with Gasteiger partial charge in [0.2, 0.25) is 0 Å². The van der Waals surface area contributed by atoms with Crippen LogP contribution in [0.2, 0.25) is 0 Å². The standard InChI is InChI=1S/C84H156N8O4/c1-19-23-27-31-51-85(5)53-61-87(7,8)57-35-39-67-93-81-71-79(73-83(75-81)95-69-41-37-59-91(15,16)65-63-89(11,12)55-33-29-25-21-3)49-47-77-43-45-78(46-44-77)48-50-80-72-82(94-68-40-36-58-88(9,10)62-54-86(6)52-32-28-24-20-2)76-84(74-80)96-70-42-38-60-92(17,18)66-64-90(13,14)56-34-30-26-22-4/h43-50,71-76H,19-42,51-70H2,1-18H3/q+6/b49-47+,50-48+. The molecular weight excluding hydrogens is 1180 g/mol. The van der Waals surface area contributed by atoms with Crippen molar-refractivity contribution in [3.8, 4) is 23.0 Å². The van der Waals surface area contributed by atoms with Crippen LogP contribution in [0.1, 0.15) is 204 Å². The monoisotopic (exact) mass is 1340 g/mol. The summed E-state index contributed by atoms with van der Waals surface area (Å²) in [6, 6.07) is 21.7. The van der Waals surface area contributed by atoms with E-state index in [1.165, 1.54) is 168 Å². The lowest BCUT2D eigenvalue weighted by Gasteiger charge is -2.36. The van der Waals surface area contributed by atoms with Crippen molar-refractivity contribution >= 4 is 24.3 Å². The molecule has 0 bridgehead atoms. The van der Waals surface area contributed by atoms with Crippen LogP contribution in [0.25, 0.3) is 24.3 Å². The molecule has 3 aromatic carbocycles. The van der Waals surface area contributed by atoms with Crippen LogP contribution >= 0.6 is 0 Å². The predicted octanol–water partition coefficient (Wildman–Crippen LogP) is 17.3. The maximum Gasteiger partial charge on any atom is 0.128 e. The van der Waals surface area contributed by atoms with Gasteiger partial charge in [0.05, 0.1) is 163 Å². The second-order valence-corrected chi connectivity index (χ2v) is 33.2. The molecule has 96 heavy (non-hydrogen) atoms. The summed E-state index contributed by atoms with van der Waals surface area (Å²) < 4.78 is 32.6. The summed E-state index contributed by atoms with van der Waals surface area (Å²) in [5, 5.41) is 0. The normalized spacial score (nSPS) is 13.0. The second kappa shape index (κ2) is 48.0. The molecule has 0 unspecified atom stereocenters. The third kappa shape index (κ3) is 43.5. The van der Waals surface area contributed by atoms with Crippen molar-refractivity contribution in [2.24, 2.45) is 0 Å². The number of ether oxygens (including phenoxy) is 4. The summed E-state index contributed by atoms with van der Waals surface area (Å²) in [5.41, 5.74) is 4.45. The molecule has 0 saturated carbocycles. The first-order valence-corrected chi connectivity index (χ1v) is 39.2. The van der Waals surface area contributed by atoms with Gasteiger partial charge in [-0.2, -0.15) is 0 Å². The van der Waals surface area contributed by atoms with Crippen molar-refractivity contribution < 1.29 is 45.8 Å². The molecule has 12 heteroatoms. The molecule has 0 radical (unpaired) electrons. The van der Waals surface area contributed by atoms with E-state index in [9.17, 15) is 0 Å². The highest BCUT2D eigenvalue weighted by molar-refractivity contribution is 5.74. The Bertz CT molecular complexity index is 2330. The molecule has 0 aliphatic rings. The number of benzene rings is 3. The third-order valence-electron chi connectivity index (χ3n) is 20.2. The quantitative estimate of drug-likeness (QED) is 0.0319. The number of rotatable bonds is 60. The van der Waals surface area contributed by atoms with Crippen molar-refractivity contribution in [1.82, 2.24) is 9.80 Å². The fourth-order valence-electron chi connectivity index (χ4n) is 12.6. The van der Waals surface area contributed by atoms with E-state index in [2.05, 4.69) is 221 Å². The lowest BCUT2D eigenvalue weighted by Crippen LogP contribution is -2.51. The van der Waals surface area contributed by atoms with E-state index in [0.29, 0.717) is 26.4 Å². The Kier molecular flexibility index (Phi) is 43.1. The SMILES string of the molecule is CCCCCCN(C)CC[N+](C)(C)CCCCOc1cc(/C=C/c2ccc(/C=C/c3cc(OCCCC[N+](C)(C)CCN(C)CCCCCC)cc(OCCCC[N+](C)(C)CC[N+](C)(C)CCCCCC)c3)cc2)cc(OCCCC[N+](C)(C)CC[N+](C)(C)CCCCCC)c1. The molecule has 0 aromatic heterocycles. The highest BCUT2D eigenvalue weighted by Gasteiger charge is 2.25. The van der Waals surface area contributed by atoms with E-state index in [1.807, 2.05) is 0 Å². The summed E-state index contributed by atoms with van der Waals surface area (Å²) >= 11 is 0. The molecule has 550 valence electrons. The molecule has 3 rings (SSSR count). The summed E-state index contributed by atoms with van der Waals surface area (Å²) in [4.78, 5) is 5.04. The third-order valence-corrected chi connectivity index (χ3v) is 20.2. The molecule has 0 heterocycles. The van der Waals surface area contributed by atoms with Crippen molar-refractivity contribution in [2.75, 3.05) is 230 Å². The fraction of sp³-hybridized carbons (Fsp3) is 0.738. The minimum absolute atomic E-state index is 0.692. The first-order valence-electron chi connectivity index (χ1n) is 39.2. The fourth-order valence-corrected chi connectivity index (χ4v) is 12.6. The molecule has 12 nitrogen and oxygen atoms in total. The van der Waals surface area contributed by atoms with Gasteiger partial charge in [0, 0.05) is 25.2 Å². The average Bonchev–Trinajstić information content (AvgIpc) is 0.921. The predicted molar refractivity (Wildman–Crippen MR) is 419 cm³/mol. The summed E-state index contributed by atoms with van der Waals surface area (Å²) in [7, 11) is 33.4. The van der Waals surface area contributed by atoms with Crippen LogP contribution in [0.3, 0.4) is 0 Å². The highest BCUT2D eigenvalue weighted by atomic mass is 16.5. The average molecular weight is 1340 g/mol. The molecular formula is C84H156N8O4+6. The van der Waals surface area contributed by atoms with Gasteiger partial charge < -0.3 is 55.6 Å². The van der Waals surface area contributed by atoms with Gasteiger partial charge in [0.15, 0.2) is 0 Å². The van der Waals surface area contributed by atoms with Crippen molar-refractivity contribution in [3.63, 3.8) is 0 Å². The van der Waals surface area contributed by atoms with Gasteiger partial charge >= 0.3 is 0 Å². The molecule has 0 aliphatic carbocycles. The topological polar surface area (TPSA) is 43.4 Å². The van der Waals surface area contributed by atoms with Gasteiger partial charge in [-0.1, -0.05) is 140 Å². The van der Waals surface area contributed by atoms with Gasteiger partial charge in [0.25, 0.3) is 0 Å². The van der Waals surface area contributed by atoms with E-state index in [4.69, 9.17) is 18.9 Å². The van der Waals surface area contributed by atoms with E-state index < -0.39 is 0 Å². The van der Waals surface area contributed by atoms with Crippen LogP contribution in [0.15, 0.2) is 60.7 Å². The smallest absolute Gasteiger partial charge is 0.128 e. The molecule has 0 aliphatic heterocycles. The van der Waals surface area contributed by atoms with Gasteiger partial charge in [-0.15, -0.1) is 0 Å². The van der Waals surface area contributed by atoms with E-state index in [-0.39, 0.29) is 0 Å². The molecule has 0 N–H and O–H groups in total. The van der Waals surface area contributed by atoms with Crippen LogP contribution in [0.4, 0.5) is 0 Å². The molecule has 0 atom stereocenters. The van der Waals surface area contributed by atoms with Crippen molar-refractivity contribution in [1.29, 1.82) is 0 Å². The molecule has 0 fully saturated rings. The Morgan fingerprint density at radius 3 is 0.740 bits per heavy atom. The number of hydrogen-bond acceptors (Lipinski definition) is 6. The van der Waals surface area contributed by atoms with Gasteiger partial charge in [-0.25, -0.2) is 0 Å². The Balaban J connectivity index is 1.72. The zero-order chi connectivity index (χ0) is 70.6. The first-order chi connectivity index (χ1) is 45.7. The summed E-state index contributed by atoms with van der Waals surface area (Å²) in [5.74, 6) is 3.50. The maximum atomic E-state index is 6.56. The Hall–Kier alpha value is -3.98. The van der Waals surface area contributed by atoms with Crippen LogP contribution in [-0.4, -0.2) is 267 Å². The highest BCUT2D eigenvalue weighted by Crippen LogP contribution is 2.28. The van der Waals surface area contributed by atoms with Crippen LogP contribution in [0.5, 0.6) is 23.0 Å². The molecule has 0 amide bonds. The van der Waals surface area contributed by atoms with Crippen molar-refractivity contribution in [3.05, 3.63) is 82.9 Å². The minimum Gasteiger partial charge on any atom is -0.493 e. The van der Waals surface area contributed by atoms with Crippen LogP contribution in [0, 0.1) is 0 Å². The second-order valence-electron chi connectivity index (χ2n) is 33.2. The summed E-state index contributed by atoms with van der Waals surface area (Å²) in [6.07, 6.45) is 38.7. The van der Waals surface area contributed by atoms with Crippen LogP contribution < -0.4 is 18.9 Å². The van der Waals surface area contributed by atoms with E-state index in [0.717, 1.165) is 163 Å². The molecule has 0 spiro atoms. The zero-order valence-electron chi connectivity index (χ0n) is 66.4. The Labute approximate surface area is 594 Å². The van der Waals surface area contributed by atoms with Gasteiger partial charge in [-0.3, -0.25) is 0 Å². The zero-order valence-corrected chi connectivity index (χ0v) is 66.4. The minimum atomic E-state index is 0.692. The number of nitrogens with zero attached hydrogens (tertiary/aromatic N) is 8. The number of quaternary nitrogens is 6. The number of hydrogen-bond donors (Lipinski definition) is 0. The Morgan fingerprint density at radius 1 is 0.250 bits per heavy atom. The van der Waals surface area contributed by atoms with E-state index >= 15 is 0 Å². The lowest BCUT2D eigenvalue weighted by molar-refractivity contribution is -0.946. The number of unbranched alkanes of at least 4 members (excludes halogenated alkanes) is 16. The van der Waals surface area contributed by atoms with Gasteiger partial charge in [0.1, 0.15) is 49.2 Å². The lowest BCUT2D eigenvalue weighted by atomic mass is 10.1. The molecule has 3 aromatic rings. The Morgan fingerprint density at radius 2 is 0.479 bits per heavy atom. The van der Waals surface area contributed by atoms with E-state index in [1.54, 1.807) is 0 Å². The molecule has 0 saturated heterocycles.